The number of ether oxygens (including phenoxy) is 1. The summed E-state index contributed by atoms with van der Waals surface area (Å²) in [5.41, 5.74) is 0.913. The topological polar surface area (TPSA) is 111 Å². The molecular formula is C19H24N4O5S. The maximum absolute atomic E-state index is 12.6. The number of amides is 1. The minimum Gasteiger partial charge on any atom is -0.462 e. The van der Waals surface area contributed by atoms with E-state index in [9.17, 15) is 18.0 Å². The molecule has 1 N–H and O–H groups in total. The number of hydrogen-bond donors (Lipinski definition) is 1. The lowest BCUT2D eigenvalue weighted by Crippen LogP contribution is -2.35. The first-order chi connectivity index (χ1) is 13.9. The molecule has 0 aliphatic carbocycles. The lowest BCUT2D eigenvalue weighted by atomic mass is 10.2. The van der Waals surface area contributed by atoms with Gasteiger partial charge in [-0.2, -0.15) is 4.31 Å². The molecule has 29 heavy (non-hydrogen) atoms. The molecule has 1 aromatic heterocycles. The van der Waals surface area contributed by atoms with Crippen LogP contribution >= 0.6 is 0 Å². The highest BCUT2D eigenvalue weighted by atomic mass is 32.2. The van der Waals surface area contributed by atoms with Crippen molar-refractivity contribution in [3.05, 3.63) is 42.4 Å². The summed E-state index contributed by atoms with van der Waals surface area (Å²) in [6.45, 7) is 2.93. The largest absolute Gasteiger partial charge is 0.462 e. The van der Waals surface area contributed by atoms with E-state index in [1.165, 1.54) is 21.4 Å². The average molecular weight is 420 g/mol. The fourth-order valence-electron chi connectivity index (χ4n) is 3.07. The van der Waals surface area contributed by atoms with Gasteiger partial charge in [-0.1, -0.05) is 6.42 Å². The predicted octanol–water partition coefficient (Wildman–Crippen LogP) is 1.87. The highest BCUT2D eigenvalue weighted by molar-refractivity contribution is 7.89. The van der Waals surface area contributed by atoms with Crippen LogP contribution in [0, 0.1) is 0 Å². The van der Waals surface area contributed by atoms with Crippen LogP contribution in [-0.2, 0) is 26.1 Å². The van der Waals surface area contributed by atoms with Crippen molar-refractivity contribution >= 4 is 27.6 Å². The van der Waals surface area contributed by atoms with Gasteiger partial charge in [0, 0.05) is 25.0 Å². The first-order valence-corrected chi connectivity index (χ1v) is 10.9. The molecule has 0 atom stereocenters. The Morgan fingerprint density at radius 3 is 2.48 bits per heavy atom. The Labute approximate surface area is 169 Å². The molecule has 1 amide bonds. The summed E-state index contributed by atoms with van der Waals surface area (Å²) in [6, 6.07) is 6.33. The Morgan fingerprint density at radius 2 is 1.83 bits per heavy atom. The van der Waals surface area contributed by atoms with E-state index in [-0.39, 0.29) is 24.1 Å². The van der Waals surface area contributed by atoms with E-state index in [1.807, 2.05) is 0 Å². The van der Waals surface area contributed by atoms with Gasteiger partial charge in [0.25, 0.3) is 10.0 Å². The molecule has 1 aliphatic rings. The number of rotatable bonds is 7. The molecule has 1 fully saturated rings. The standard InChI is InChI=1S/C19H24N4O5S/c1-2-28-19(25)15-6-8-16(9-7-15)21-17(24)12-22-13-18(20-14-22)29(26,27)23-10-4-3-5-11-23/h6-9,13-14H,2-5,10-12H2,1H3,(H,21,24). The van der Waals surface area contributed by atoms with Gasteiger partial charge in [0.1, 0.15) is 6.54 Å². The van der Waals surface area contributed by atoms with Gasteiger partial charge in [0.2, 0.25) is 5.91 Å². The van der Waals surface area contributed by atoms with Gasteiger partial charge in [-0.3, -0.25) is 4.79 Å². The van der Waals surface area contributed by atoms with Gasteiger partial charge in [-0.25, -0.2) is 18.2 Å². The van der Waals surface area contributed by atoms with E-state index >= 15 is 0 Å². The molecule has 10 heteroatoms. The quantitative estimate of drug-likeness (QED) is 0.685. The first kappa shape index (κ1) is 21.0. The van der Waals surface area contributed by atoms with Crippen molar-refractivity contribution < 1.29 is 22.7 Å². The van der Waals surface area contributed by atoms with Gasteiger partial charge < -0.3 is 14.6 Å². The van der Waals surface area contributed by atoms with E-state index in [0.717, 1.165) is 19.3 Å². The van der Waals surface area contributed by atoms with Crippen LogP contribution in [0.4, 0.5) is 5.69 Å². The third kappa shape index (κ3) is 5.21. The van der Waals surface area contributed by atoms with Crippen LogP contribution in [0.25, 0.3) is 0 Å². The van der Waals surface area contributed by atoms with Gasteiger partial charge >= 0.3 is 5.97 Å². The van der Waals surface area contributed by atoms with Crippen LogP contribution in [0.3, 0.4) is 0 Å². The lowest BCUT2D eigenvalue weighted by Gasteiger charge is -2.24. The number of anilines is 1. The van der Waals surface area contributed by atoms with Crippen LogP contribution in [0.1, 0.15) is 36.5 Å². The zero-order valence-electron chi connectivity index (χ0n) is 16.2. The summed E-state index contributed by atoms with van der Waals surface area (Å²) in [5.74, 6) is -0.764. The zero-order chi connectivity index (χ0) is 20.9. The first-order valence-electron chi connectivity index (χ1n) is 9.49. The van der Waals surface area contributed by atoms with Crippen molar-refractivity contribution in [2.45, 2.75) is 37.8 Å². The molecule has 0 unspecified atom stereocenters. The van der Waals surface area contributed by atoms with Crippen molar-refractivity contribution in [3.8, 4) is 0 Å². The number of imidazole rings is 1. The summed E-state index contributed by atoms with van der Waals surface area (Å²) < 4.78 is 33.0. The highest BCUT2D eigenvalue weighted by Gasteiger charge is 2.28. The molecule has 0 bridgehead atoms. The SMILES string of the molecule is CCOC(=O)c1ccc(NC(=O)Cn2cnc(S(=O)(=O)N3CCCCC3)c2)cc1. The number of nitrogens with zero attached hydrogens (tertiary/aromatic N) is 3. The number of esters is 1. The Morgan fingerprint density at radius 1 is 1.14 bits per heavy atom. The third-order valence-electron chi connectivity index (χ3n) is 4.53. The van der Waals surface area contributed by atoms with E-state index in [0.29, 0.717) is 24.3 Å². The van der Waals surface area contributed by atoms with Crippen molar-refractivity contribution in [2.24, 2.45) is 0 Å². The number of aromatic nitrogens is 2. The number of hydrogen-bond acceptors (Lipinski definition) is 6. The normalized spacial score (nSPS) is 15.1. The minimum absolute atomic E-state index is 0.0500. The number of piperidine rings is 1. The summed E-state index contributed by atoms with van der Waals surface area (Å²) in [7, 11) is -3.63. The number of sulfonamides is 1. The predicted molar refractivity (Wildman–Crippen MR) is 106 cm³/mol. The molecule has 2 heterocycles. The summed E-state index contributed by atoms with van der Waals surface area (Å²) in [6.07, 6.45) is 5.42. The van der Waals surface area contributed by atoms with Crippen molar-refractivity contribution in [1.29, 1.82) is 0 Å². The minimum atomic E-state index is -3.63. The molecule has 9 nitrogen and oxygen atoms in total. The van der Waals surface area contributed by atoms with E-state index in [1.54, 1.807) is 31.2 Å². The molecule has 0 spiro atoms. The van der Waals surface area contributed by atoms with E-state index < -0.39 is 16.0 Å². The van der Waals surface area contributed by atoms with Gasteiger partial charge in [-0.15, -0.1) is 0 Å². The molecular weight excluding hydrogens is 396 g/mol. The average Bonchev–Trinajstić information content (AvgIpc) is 3.18. The molecule has 2 aromatic rings. The van der Waals surface area contributed by atoms with E-state index in [2.05, 4.69) is 10.3 Å². The van der Waals surface area contributed by atoms with Crippen LogP contribution in [0.5, 0.6) is 0 Å². The van der Waals surface area contributed by atoms with Crippen LogP contribution < -0.4 is 5.32 Å². The van der Waals surface area contributed by atoms with E-state index in [4.69, 9.17) is 4.74 Å². The second kappa shape index (κ2) is 9.19. The third-order valence-corrected chi connectivity index (χ3v) is 6.32. The Kier molecular flexibility index (Phi) is 6.65. The number of benzene rings is 1. The summed E-state index contributed by atoms with van der Waals surface area (Å²) >= 11 is 0. The van der Waals surface area contributed by atoms with Crippen LogP contribution in [0.2, 0.25) is 0 Å². The molecule has 1 saturated heterocycles. The molecule has 1 aliphatic heterocycles. The molecule has 1 aromatic carbocycles. The Hall–Kier alpha value is -2.72. The smallest absolute Gasteiger partial charge is 0.338 e. The zero-order valence-corrected chi connectivity index (χ0v) is 17.0. The van der Waals surface area contributed by atoms with Crippen molar-refractivity contribution in [2.75, 3.05) is 25.0 Å². The van der Waals surface area contributed by atoms with Crippen LogP contribution in [-0.4, -0.2) is 53.8 Å². The van der Waals surface area contributed by atoms with Crippen molar-refractivity contribution in [1.82, 2.24) is 13.9 Å². The van der Waals surface area contributed by atoms with Crippen LogP contribution in [0.15, 0.2) is 41.8 Å². The molecule has 156 valence electrons. The number of nitrogens with one attached hydrogen (secondary N) is 1. The Bertz CT molecular complexity index is 963. The molecule has 0 radical (unpaired) electrons. The number of carbonyl (C=O) groups excluding carboxylic acids is 2. The maximum atomic E-state index is 12.6. The van der Waals surface area contributed by atoms with Gasteiger partial charge in [0.15, 0.2) is 5.03 Å². The van der Waals surface area contributed by atoms with Gasteiger partial charge in [0.05, 0.1) is 18.5 Å². The molecule has 0 saturated carbocycles. The lowest BCUT2D eigenvalue weighted by molar-refractivity contribution is -0.116. The monoisotopic (exact) mass is 420 g/mol. The fourth-order valence-corrected chi connectivity index (χ4v) is 4.52. The summed E-state index contributed by atoms with van der Waals surface area (Å²) in [4.78, 5) is 27.9. The van der Waals surface area contributed by atoms with Gasteiger partial charge in [-0.05, 0) is 44.0 Å². The number of carbonyl (C=O) groups is 2. The second-order valence-electron chi connectivity index (χ2n) is 6.69. The second-order valence-corrected chi connectivity index (χ2v) is 8.58. The van der Waals surface area contributed by atoms with Crippen molar-refractivity contribution in [3.63, 3.8) is 0 Å². The maximum Gasteiger partial charge on any atom is 0.338 e. The summed E-state index contributed by atoms with van der Waals surface area (Å²) in [5, 5.41) is 2.65. The fraction of sp³-hybridized carbons (Fsp3) is 0.421. The molecule has 3 rings (SSSR count). The highest BCUT2D eigenvalue weighted by Crippen LogP contribution is 2.19. The Balaban J connectivity index is 1.59.